The van der Waals surface area contributed by atoms with Crippen molar-refractivity contribution in [3.05, 3.63) is 53.3 Å². The highest BCUT2D eigenvalue weighted by molar-refractivity contribution is 5.95. The first-order valence-electron chi connectivity index (χ1n) is 9.77. The van der Waals surface area contributed by atoms with Crippen molar-refractivity contribution >= 4 is 5.91 Å². The normalized spacial score (nSPS) is 15.8. The first-order valence-corrected chi connectivity index (χ1v) is 9.77. The van der Waals surface area contributed by atoms with E-state index in [0.717, 1.165) is 63.4 Å². The maximum atomic E-state index is 12.9. The molecule has 140 valence electrons. The summed E-state index contributed by atoms with van der Waals surface area (Å²) in [6.45, 7) is 9.54. The number of hydrogen-bond acceptors (Lipinski definition) is 3. The topological polar surface area (TPSA) is 41.4 Å². The first kappa shape index (κ1) is 18.6. The third kappa shape index (κ3) is 4.73. The highest BCUT2D eigenvalue weighted by Crippen LogP contribution is 2.13. The fraction of sp³-hybridized carbons (Fsp3) is 0.524. The van der Waals surface area contributed by atoms with Crippen molar-refractivity contribution in [1.82, 2.24) is 19.6 Å². The minimum atomic E-state index is 0.133. The highest BCUT2D eigenvalue weighted by atomic mass is 16.2. The van der Waals surface area contributed by atoms with Gasteiger partial charge >= 0.3 is 0 Å². The van der Waals surface area contributed by atoms with E-state index in [4.69, 9.17) is 0 Å². The lowest BCUT2D eigenvalue weighted by Crippen LogP contribution is -2.35. The van der Waals surface area contributed by atoms with Gasteiger partial charge in [-0.25, -0.2) is 0 Å². The van der Waals surface area contributed by atoms with Crippen LogP contribution in [0.5, 0.6) is 0 Å². The van der Waals surface area contributed by atoms with Gasteiger partial charge in [-0.2, -0.15) is 5.10 Å². The van der Waals surface area contributed by atoms with Crippen molar-refractivity contribution < 1.29 is 4.79 Å². The Bertz CT molecular complexity index is 710. The number of carbonyl (C=O) groups excluding carboxylic acids is 1. The molecular weight excluding hydrogens is 324 g/mol. The fourth-order valence-corrected chi connectivity index (χ4v) is 3.61. The summed E-state index contributed by atoms with van der Waals surface area (Å²) in [7, 11) is 0. The quantitative estimate of drug-likeness (QED) is 0.801. The van der Waals surface area contributed by atoms with Gasteiger partial charge in [0.2, 0.25) is 0 Å². The Kier molecular flexibility index (Phi) is 6.45. The second kappa shape index (κ2) is 8.99. The summed E-state index contributed by atoms with van der Waals surface area (Å²) in [6.07, 6.45) is 5.22. The fourth-order valence-electron chi connectivity index (χ4n) is 3.61. The van der Waals surface area contributed by atoms with E-state index in [0.29, 0.717) is 0 Å². The molecule has 5 heteroatoms. The van der Waals surface area contributed by atoms with E-state index in [2.05, 4.69) is 40.3 Å². The maximum absolute atomic E-state index is 12.9. The molecule has 26 heavy (non-hydrogen) atoms. The molecule has 1 saturated heterocycles. The average molecular weight is 354 g/mol. The lowest BCUT2D eigenvalue weighted by molar-refractivity contribution is 0.0760. The van der Waals surface area contributed by atoms with Crippen LogP contribution >= 0.6 is 0 Å². The first-order chi connectivity index (χ1) is 12.7. The number of aromatic nitrogens is 2. The minimum absolute atomic E-state index is 0.133. The summed E-state index contributed by atoms with van der Waals surface area (Å²) >= 11 is 0. The van der Waals surface area contributed by atoms with Crippen LogP contribution in [-0.2, 0) is 13.0 Å². The third-order valence-corrected chi connectivity index (χ3v) is 5.16. The zero-order valence-electron chi connectivity index (χ0n) is 16.0. The Morgan fingerprint density at radius 3 is 2.65 bits per heavy atom. The van der Waals surface area contributed by atoms with Crippen LogP contribution in [-0.4, -0.2) is 58.2 Å². The van der Waals surface area contributed by atoms with E-state index in [1.807, 2.05) is 29.6 Å². The van der Waals surface area contributed by atoms with Crippen molar-refractivity contribution in [3.8, 4) is 0 Å². The molecular formula is C21H30N4O. The summed E-state index contributed by atoms with van der Waals surface area (Å²) in [5.74, 6) is 0.133. The van der Waals surface area contributed by atoms with E-state index in [9.17, 15) is 4.79 Å². The molecule has 1 aliphatic heterocycles. The number of nitrogens with zero attached hydrogens (tertiary/aromatic N) is 4. The summed E-state index contributed by atoms with van der Waals surface area (Å²) in [4.78, 5) is 17.4. The molecule has 1 aromatic carbocycles. The van der Waals surface area contributed by atoms with Gasteiger partial charge in [0.05, 0.1) is 11.3 Å². The Hall–Kier alpha value is -2.14. The van der Waals surface area contributed by atoms with Gasteiger partial charge < -0.3 is 9.80 Å². The number of hydrogen-bond donors (Lipinski definition) is 0. The predicted octanol–water partition coefficient (Wildman–Crippen LogP) is 2.99. The Morgan fingerprint density at radius 1 is 1.12 bits per heavy atom. The van der Waals surface area contributed by atoms with E-state index in [-0.39, 0.29) is 5.91 Å². The van der Waals surface area contributed by atoms with E-state index in [1.54, 1.807) is 0 Å². The Morgan fingerprint density at radius 2 is 1.92 bits per heavy atom. The third-order valence-electron chi connectivity index (χ3n) is 5.16. The number of amides is 1. The molecule has 0 atom stereocenters. The van der Waals surface area contributed by atoms with Gasteiger partial charge in [-0.1, -0.05) is 30.3 Å². The molecule has 0 unspecified atom stereocenters. The van der Waals surface area contributed by atoms with Crippen molar-refractivity contribution in [1.29, 1.82) is 0 Å². The van der Waals surface area contributed by atoms with Gasteiger partial charge in [0.25, 0.3) is 5.91 Å². The van der Waals surface area contributed by atoms with Gasteiger partial charge in [-0.3, -0.25) is 9.48 Å². The van der Waals surface area contributed by atoms with Crippen LogP contribution in [0, 0.1) is 6.92 Å². The van der Waals surface area contributed by atoms with Gasteiger partial charge in [-0.15, -0.1) is 0 Å². The van der Waals surface area contributed by atoms with Crippen LogP contribution in [0.4, 0.5) is 0 Å². The molecule has 1 fully saturated rings. The van der Waals surface area contributed by atoms with Crippen LogP contribution < -0.4 is 0 Å². The number of carbonyl (C=O) groups is 1. The predicted molar refractivity (Wildman–Crippen MR) is 104 cm³/mol. The van der Waals surface area contributed by atoms with E-state index in [1.165, 1.54) is 12.0 Å². The molecule has 0 spiro atoms. The summed E-state index contributed by atoms with van der Waals surface area (Å²) in [6, 6.07) is 10.7. The molecule has 0 bridgehead atoms. The lowest BCUT2D eigenvalue weighted by Gasteiger charge is -2.22. The summed E-state index contributed by atoms with van der Waals surface area (Å²) in [5, 5.41) is 4.41. The van der Waals surface area contributed by atoms with Crippen LogP contribution in [0.2, 0.25) is 0 Å². The molecule has 3 rings (SSSR count). The van der Waals surface area contributed by atoms with Gasteiger partial charge in [-0.05, 0) is 51.8 Å². The number of aryl methyl sites for hydroxylation is 3. The molecule has 0 radical (unpaired) electrons. The lowest BCUT2D eigenvalue weighted by atomic mass is 10.1. The Labute approximate surface area is 156 Å². The van der Waals surface area contributed by atoms with Crippen LogP contribution in [0.15, 0.2) is 36.5 Å². The van der Waals surface area contributed by atoms with E-state index >= 15 is 0 Å². The molecule has 1 aromatic heterocycles. The summed E-state index contributed by atoms with van der Waals surface area (Å²) < 4.78 is 1.84. The monoisotopic (exact) mass is 354 g/mol. The van der Waals surface area contributed by atoms with Crippen molar-refractivity contribution in [3.63, 3.8) is 0 Å². The Balaban J connectivity index is 1.49. The van der Waals surface area contributed by atoms with Crippen molar-refractivity contribution in [2.24, 2.45) is 0 Å². The standard InChI is InChI=1S/C21H30N4O/c1-3-25-17-20(18(2)22-25)21(26)24-14-8-13-23(15-16-24)12-7-11-19-9-5-4-6-10-19/h4-6,9-10,17H,3,7-8,11-16H2,1-2H3. The second-order valence-electron chi connectivity index (χ2n) is 7.06. The van der Waals surface area contributed by atoms with Crippen LogP contribution in [0.25, 0.3) is 0 Å². The molecule has 2 heterocycles. The largest absolute Gasteiger partial charge is 0.337 e. The molecule has 1 amide bonds. The molecule has 2 aromatic rings. The molecule has 5 nitrogen and oxygen atoms in total. The van der Waals surface area contributed by atoms with Crippen LogP contribution in [0.1, 0.15) is 41.4 Å². The zero-order chi connectivity index (χ0) is 18.4. The van der Waals surface area contributed by atoms with Crippen molar-refractivity contribution in [2.75, 3.05) is 32.7 Å². The van der Waals surface area contributed by atoms with Gasteiger partial charge in [0.1, 0.15) is 0 Å². The highest BCUT2D eigenvalue weighted by Gasteiger charge is 2.22. The van der Waals surface area contributed by atoms with Crippen molar-refractivity contribution in [2.45, 2.75) is 39.7 Å². The molecule has 0 saturated carbocycles. The zero-order valence-corrected chi connectivity index (χ0v) is 16.0. The molecule has 1 aliphatic rings. The molecule has 0 N–H and O–H groups in total. The SMILES string of the molecule is CCn1cc(C(=O)N2CCCN(CCCc3ccccc3)CC2)c(C)n1. The maximum Gasteiger partial charge on any atom is 0.257 e. The van der Waals surface area contributed by atoms with Gasteiger partial charge in [0.15, 0.2) is 0 Å². The number of benzene rings is 1. The number of rotatable bonds is 6. The second-order valence-corrected chi connectivity index (χ2v) is 7.06. The minimum Gasteiger partial charge on any atom is -0.337 e. The molecule has 0 aliphatic carbocycles. The van der Waals surface area contributed by atoms with Crippen LogP contribution in [0.3, 0.4) is 0 Å². The smallest absolute Gasteiger partial charge is 0.257 e. The average Bonchev–Trinajstić information content (AvgIpc) is 2.88. The van der Waals surface area contributed by atoms with Gasteiger partial charge in [0, 0.05) is 32.4 Å². The summed E-state index contributed by atoms with van der Waals surface area (Å²) in [5.41, 5.74) is 2.99. The van der Waals surface area contributed by atoms with E-state index < -0.39 is 0 Å².